The number of methoxy groups -OCH3 is 1. The minimum Gasteiger partial charge on any atom is -0.475 e. The Hall–Kier alpha value is -2.76. The highest BCUT2D eigenvalue weighted by Gasteiger charge is 2.30. The summed E-state index contributed by atoms with van der Waals surface area (Å²) in [5.41, 5.74) is 0.0618. The molecule has 0 heterocycles. The summed E-state index contributed by atoms with van der Waals surface area (Å²) >= 11 is 0. The molecule has 24 heavy (non-hydrogen) atoms. The second-order valence-electron chi connectivity index (χ2n) is 4.85. The van der Waals surface area contributed by atoms with Crippen LogP contribution in [0.3, 0.4) is 0 Å². The number of esters is 1. The number of alkyl halides is 3. The van der Waals surface area contributed by atoms with Crippen LogP contribution in [-0.4, -0.2) is 19.2 Å². The Morgan fingerprint density at radius 1 is 1.04 bits per heavy atom. The Morgan fingerprint density at radius 3 is 2.21 bits per heavy atom. The topological polar surface area (TPSA) is 35.5 Å². The van der Waals surface area contributed by atoms with Crippen LogP contribution in [0, 0.1) is 0 Å². The predicted molar refractivity (Wildman–Crippen MR) is 83.4 cm³/mol. The fourth-order valence-electron chi connectivity index (χ4n) is 1.91. The Morgan fingerprint density at radius 2 is 1.67 bits per heavy atom. The Labute approximate surface area is 137 Å². The van der Waals surface area contributed by atoms with Crippen molar-refractivity contribution in [2.24, 2.45) is 0 Å². The van der Waals surface area contributed by atoms with Crippen LogP contribution in [-0.2, 0) is 15.7 Å². The summed E-state index contributed by atoms with van der Waals surface area (Å²) in [6, 6.07) is 13.3. The van der Waals surface area contributed by atoms with Crippen LogP contribution in [0.15, 0.2) is 60.7 Å². The monoisotopic (exact) mass is 336 g/mol. The molecule has 0 amide bonds. The Bertz CT molecular complexity index is 692. The highest BCUT2D eigenvalue weighted by Crippen LogP contribution is 2.30. The lowest BCUT2D eigenvalue weighted by Crippen LogP contribution is -2.26. The maximum absolute atomic E-state index is 12.5. The number of carbonyl (C=O) groups excluding carboxylic acids is 1. The summed E-state index contributed by atoms with van der Waals surface area (Å²) in [7, 11) is 1.21. The van der Waals surface area contributed by atoms with E-state index in [0.29, 0.717) is 0 Å². The number of carbonyl (C=O) groups is 1. The first-order valence-electron chi connectivity index (χ1n) is 7.05. The first kappa shape index (κ1) is 17.6. The largest absolute Gasteiger partial charge is 0.475 e. The molecule has 0 saturated heterocycles. The van der Waals surface area contributed by atoms with Gasteiger partial charge in [-0.15, -0.1) is 0 Å². The van der Waals surface area contributed by atoms with Crippen molar-refractivity contribution >= 4 is 12.0 Å². The van der Waals surface area contributed by atoms with Crippen molar-refractivity contribution in [2.75, 3.05) is 7.11 Å². The van der Waals surface area contributed by atoms with Gasteiger partial charge in [0, 0.05) is 0 Å². The highest BCUT2D eigenvalue weighted by atomic mass is 19.4. The molecule has 0 N–H and O–H groups in total. The molecule has 1 atom stereocenters. The molecule has 0 aliphatic heterocycles. The van der Waals surface area contributed by atoms with Crippen molar-refractivity contribution < 1.29 is 27.4 Å². The van der Waals surface area contributed by atoms with Crippen LogP contribution in [0.4, 0.5) is 13.2 Å². The van der Waals surface area contributed by atoms with Crippen LogP contribution in [0.1, 0.15) is 11.1 Å². The predicted octanol–water partition coefficient (Wildman–Crippen LogP) is 4.34. The average molecular weight is 336 g/mol. The third-order valence-electron chi connectivity index (χ3n) is 3.14. The summed E-state index contributed by atoms with van der Waals surface area (Å²) < 4.78 is 47.7. The molecule has 2 aromatic carbocycles. The molecule has 6 heteroatoms. The van der Waals surface area contributed by atoms with Crippen molar-refractivity contribution in [2.45, 2.75) is 12.3 Å². The fourth-order valence-corrected chi connectivity index (χ4v) is 1.91. The average Bonchev–Trinajstić information content (AvgIpc) is 2.58. The summed E-state index contributed by atoms with van der Waals surface area (Å²) in [5.74, 6) is -0.516. The lowest BCUT2D eigenvalue weighted by atomic mass is 10.2. The van der Waals surface area contributed by atoms with Gasteiger partial charge >= 0.3 is 12.1 Å². The van der Waals surface area contributed by atoms with Gasteiger partial charge in [0.25, 0.3) is 0 Å². The molecule has 0 aliphatic carbocycles. The van der Waals surface area contributed by atoms with Gasteiger partial charge < -0.3 is 9.47 Å². The smallest absolute Gasteiger partial charge is 0.416 e. The normalized spacial score (nSPS) is 12.8. The molecule has 0 bridgehead atoms. The maximum atomic E-state index is 12.5. The van der Waals surface area contributed by atoms with E-state index in [1.54, 1.807) is 6.08 Å². The van der Waals surface area contributed by atoms with Gasteiger partial charge in [-0.2, -0.15) is 13.2 Å². The standard InChI is InChI=1S/C18H15F3O3/c1-23-17(22)16(12-7-13-5-3-2-4-6-13)24-15-10-8-14(9-11-15)18(19,20)21/h2-12,16H,1H3. The molecule has 3 nitrogen and oxygen atoms in total. The minimum absolute atomic E-state index is 0.135. The molecule has 126 valence electrons. The molecular formula is C18H15F3O3. The molecule has 2 aromatic rings. The van der Waals surface area contributed by atoms with E-state index in [2.05, 4.69) is 4.74 Å². The SMILES string of the molecule is COC(=O)C(C=Cc1ccccc1)Oc1ccc(C(F)(F)F)cc1. The quantitative estimate of drug-likeness (QED) is 0.762. The number of benzene rings is 2. The zero-order chi connectivity index (χ0) is 17.6. The van der Waals surface area contributed by atoms with Crippen molar-refractivity contribution in [3.63, 3.8) is 0 Å². The number of halogens is 3. The van der Waals surface area contributed by atoms with Gasteiger partial charge in [0.15, 0.2) is 0 Å². The Balaban J connectivity index is 2.14. The third kappa shape index (κ3) is 4.87. The Kier molecular flexibility index (Phi) is 5.63. The first-order valence-corrected chi connectivity index (χ1v) is 7.05. The van der Waals surface area contributed by atoms with Crippen LogP contribution in [0.2, 0.25) is 0 Å². The van der Waals surface area contributed by atoms with E-state index in [4.69, 9.17) is 4.74 Å². The fraction of sp³-hybridized carbons (Fsp3) is 0.167. The zero-order valence-electron chi connectivity index (χ0n) is 12.8. The summed E-state index contributed by atoms with van der Waals surface area (Å²) in [6.45, 7) is 0. The number of hydrogen-bond donors (Lipinski definition) is 0. The molecule has 0 fully saturated rings. The van der Waals surface area contributed by atoms with Gasteiger partial charge in [0.05, 0.1) is 12.7 Å². The summed E-state index contributed by atoms with van der Waals surface area (Å²) in [6.07, 6.45) is -2.33. The van der Waals surface area contributed by atoms with Gasteiger partial charge in [-0.3, -0.25) is 0 Å². The minimum atomic E-state index is -4.42. The number of ether oxygens (including phenoxy) is 2. The van der Waals surface area contributed by atoms with Gasteiger partial charge in [0.2, 0.25) is 6.10 Å². The van der Waals surface area contributed by atoms with E-state index in [1.807, 2.05) is 30.3 Å². The van der Waals surface area contributed by atoms with Gasteiger partial charge in [-0.05, 0) is 35.9 Å². The van der Waals surface area contributed by atoms with Gasteiger partial charge in [0.1, 0.15) is 5.75 Å². The van der Waals surface area contributed by atoms with E-state index in [0.717, 1.165) is 29.8 Å². The lowest BCUT2D eigenvalue weighted by Gasteiger charge is -2.14. The summed E-state index contributed by atoms with van der Waals surface area (Å²) in [4.78, 5) is 11.8. The van der Waals surface area contributed by atoms with Crippen molar-refractivity contribution in [3.8, 4) is 5.75 Å². The molecule has 0 aliphatic rings. The molecule has 0 aromatic heterocycles. The van der Waals surface area contributed by atoms with Gasteiger partial charge in [-0.25, -0.2) is 4.79 Å². The molecule has 0 radical (unpaired) electrons. The first-order chi connectivity index (χ1) is 11.4. The van der Waals surface area contributed by atoms with Crippen LogP contribution >= 0.6 is 0 Å². The number of hydrogen-bond acceptors (Lipinski definition) is 3. The second kappa shape index (κ2) is 7.68. The van der Waals surface area contributed by atoms with E-state index in [1.165, 1.54) is 13.2 Å². The maximum Gasteiger partial charge on any atom is 0.416 e. The zero-order valence-corrected chi connectivity index (χ0v) is 12.8. The van der Waals surface area contributed by atoms with E-state index < -0.39 is 23.8 Å². The van der Waals surface area contributed by atoms with Gasteiger partial charge in [-0.1, -0.05) is 36.4 Å². The van der Waals surface area contributed by atoms with Crippen LogP contribution in [0.25, 0.3) is 6.08 Å². The van der Waals surface area contributed by atoms with E-state index >= 15 is 0 Å². The number of rotatable bonds is 5. The molecule has 1 unspecified atom stereocenters. The summed E-state index contributed by atoms with van der Waals surface area (Å²) in [5, 5.41) is 0. The lowest BCUT2D eigenvalue weighted by molar-refractivity contribution is -0.146. The third-order valence-corrected chi connectivity index (χ3v) is 3.14. The van der Waals surface area contributed by atoms with E-state index in [-0.39, 0.29) is 5.75 Å². The van der Waals surface area contributed by atoms with Crippen molar-refractivity contribution in [1.82, 2.24) is 0 Å². The van der Waals surface area contributed by atoms with Crippen LogP contribution in [0.5, 0.6) is 5.75 Å². The van der Waals surface area contributed by atoms with Crippen LogP contribution < -0.4 is 4.74 Å². The second-order valence-corrected chi connectivity index (χ2v) is 4.85. The highest BCUT2D eigenvalue weighted by molar-refractivity contribution is 5.78. The molecular weight excluding hydrogens is 321 g/mol. The molecule has 0 spiro atoms. The van der Waals surface area contributed by atoms with Crippen molar-refractivity contribution in [1.29, 1.82) is 0 Å². The van der Waals surface area contributed by atoms with Crippen molar-refractivity contribution in [3.05, 3.63) is 71.8 Å². The van der Waals surface area contributed by atoms with E-state index in [9.17, 15) is 18.0 Å². The molecule has 0 saturated carbocycles. The molecule has 2 rings (SSSR count).